The normalized spacial score (nSPS) is 21.0. The molecular formula is C24H26ClN5O2. The molecule has 1 aromatic carbocycles. The van der Waals surface area contributed by atoms with Crippen LogP contribution in [-0.4, -0.2) is 57.2 Å². The van der Waals surface area contributed by atoms with Gasteiger partial charge in [-0.15, -0.1) is 0 Å². The Kier molecular flexibility index (Phi) is 5.61. The van der Waals surface area contributed by atoms with Crippen molar-refractivity contribution >= 4 is 34.7 Å². The summed E-state index contributed by atoms with van der Waals surface area (Å²) in [4.78, 5) is 33.8. The maximum Gasteiger partial charge on any atom is 0.253 e. The molecule has 1 saturated carbocycles. The molecule has 2 aromatic heterocycles. The topological polar surface area (TPSA) is 70.0 Å². The van der Waals surface area contributed by atoms with Gasteiger partial charge in [-0.25, -0.2) is 4.98 Å². The first-order valence-corrected chi connectivity index (χ1v) is 11.4. The summed E-state index contributed by atoms with van der Waals surface area (Å²) >= 11 is 6.05. The lowest BCUT2D eigenvalue weighted by atomic mass is 10.1. The number of nitrogens with zero attached hydrogens (tertiary/aromatic N) is 4. The van der Waals surface area contributed by atoms with Crippen LogP contribution in [-0.2, 0) is 11.3 Å². The minimum absolute atomic E-state index is 0.0284. The number of aromatic nitrogens is 2. The van der Waals surface area contributed by atoms with Gasteiger partial charge in [0, 0.05) is 62.3 Å². The van der Waals surface area contributed by atoms with Gasteiger partial charge in [0.1, 0.15) is 5.65 Å². The van der Waals surface area contributed by atoms with Crippen molar-refractivity contribution in [3.63, 3.8) is 0 Å². The molecule has 2 aliphatic rings. The van der Waals surface area contributed by atoms with Crippen LogP contribution in [0.2, 0.25) is 5.02 Å². The zero-order valence-corrected chi connectivity index (χ0v) is 18.8. The van der Waals surface area contributed by atoms with Gasteiger partial charge in [0.15, 0.2) is 0 Å². The third-order valence-electron chi connectivity index (χ3n) is 6.36. The number of nitrogens with one attached hydrogen (secondary N) is 1. The standard InChI is InChI=1S/C24H26ClN5O2/c1-16-12-21(16)23(31)27-19-5-2-17(3-6-19)24(32)29-10-8-28(9-11-29)14-20-15-30-13-18(25)4-7-22(30)26-20/h2-7,13,15-16,21H,8-12,14H2,1H3,(H,27,31). The van der Waals surface area contributed by atoms with Gasteiger partial charge in [0.25, 0.3) is 5.91 Å². The monoisotopic (exact) mass is 451 g/mol. The van der Waals surface area contributed by atoms with E-state index in [0.29, 0.717) is 29.6 Å². The molecule has 0 spiro atoms. The predicted octanol–water partition coefficient (Wildman–Crippen LogP) is 3.54. The molecule has 166 valence electrons. The van der Waals surface area contributed by atoms with Crippen LogP contribution in [0.4, 0.5) is 5.69 Å². The molecule has 2 fully saturated rings. The van der Waals surface area contributed by atoms with Gasteiger partial charge >= 0.3 is 0 Å². The van der Waals surface area contributed by atoms with E-state index in [1.807, 2.05) is 46.0 Å². The van der Waals surface area contributed by atoms with Crippen LogP contribution in [0.5, 0.6) is 0 Å². The molecule has 0 radical (unpaired) electrons. The predicted molar refractivity (Wildman–Crippen MR) is 124 cm³/mol. The van der Waals surface area contributed by atoms with E-state index in [-0.39, 0.29) is 17.7 Å². The highest BCUT2D eigenvalue weighted by molar-refractivity contribution is 6.30. The summed E-state index contributed by atoms with van der Waals surface area (Å²) in [7, 11) is 0. The maximum atomic E-state index is 12.9. The van der Waals surface area contributed by atoms with Crippen molar-refractivity contribution in [1.82, 2.24) is 19.2 Å². The Hall–Kier alpha value is -2.90. The number of imidazole rings is 1. The molecule has 0 bridgehead atoms. The minimum atomic E-state index is 0.0284. The summed E-state index contributed by atoms with van der Waals surface area (Å²) in [5.41, 5.74) is 3.26. The van der Waals surface area contributed by atoms with Crippen molar-refractivity contribution < 1.29 is 9.59 Å². The van der Waals surface area contributed by atoms with E-state index >= 15 is 0 Å². The van der Waals surface area contributed by atoms with Gasteiger partial charge in [-0.05, 0) is 48.7 Å². The highest BCUT2D eigenvalue weighted by Gasteiger charge is 2.39. The summed E-state index contributed by atoms with van der Waals surface area (Å²) < 4.78 is 1.94. The fourth-order valence-corrected chi connectivity index (χ4v) is 4.40. The van der Waals surface area contributed by atoms with E-state index in [9.17, 15) is 9.59 Å². The third-order valence-corrected chi connectivity index (χ3v) is 6.58. The SMILES string of the molecule is CC1CC1C(=O)Nc1ccc(C(=O)N2CCN(Cc3cn4cc(Cl)ccc4n3)CC2)cc1. The minimum Gasteiger partial charge on any atom is -0.336 e. The molecule has 8 heteroatoms. The zero-order chi connectivity index (χ0) is 22.2. The third kappa shape index (κ3) is 4.49. The van der Waals surface area contributed by atoms with Crippen LogP contribution in [0.1, 0.15) is 29.4 Å². The van der Waals surface area contributed by atoms with Crippen molar-refractivity contribution in [2.24, 2.45) is 11.8 Å². The molecule has 1 saturated heterocycles. The molecule has 5 rings (SSSR count). The summed E-state index contributed by atoms with van der Waals surface area (Å²) in [6.07, 6.45) is 4.82. The van der Waals surface area contributed by atoms with E-state index in [1.165, 1.54) is 0 Å². The van der Waals surface area contributed by atoms with E-state index in [2.05, 4.69) is 22.1 Å². The van der Waals surface area contributed by atoms with E-state index in [1.54, 1.807) is 12.1 Å². The van der Waals surface area contributed by atoms with Crippen LogP contribution < -0.4 is 5.32 Å². The van der Waals surface area contributed by atoms with Crippen molar-refractivity contribution in [3.05, 3.63) is 65.1 Å². The van der Waals surface area contributed by atoms with E-state index in [4.69, 9.17) is 11.6 Å². The summed E-state index contributed by atoms with van der Waals surface area (Å²) in [5.74, 6) is 0.703. The van der Waals surface area contributed by atoms with E-state index in [0.717, 1.165) is 43.1 Å². The van der Waals surface area contributed by atoms with Gasteiger partial charge < -0.3 is 14.6 Å². The van der Waals surface area contributed by atoms with Crippen molar-refractivity contribution in [2.75, 3.05) is 31.5 Å². The van der Waals surface area contributed by atoms with Gasteiger partial charge in [-0.3, -0.25) is 14.5 Å². The second-order valence-corrected chi connectivity index (χ2v) is 9.24. The quantitative estimate of drug-likeness (QED) is 0.644. The lowest BCUT2D eigenvalue weighted by Gasteiger charge is -2.34. The number of hydrogen-bond acceptors (Lipinski definition) is 4. The first kappa shape index (κ1) is 21.0. The van der Waals surface area contributed by atoms with Crippen molar-refractivity contribution in [1.29, 1.82) is 0 Å². The molecule has 32 heavy (non-hydrogen) atoms. The number of anilines is 1. The number of rotatable bonds is 5. The number of fused-ring (bicyclic) bond motifs is 1. The molecule has 2 atom stereocenters. The Bertz CT molecular complexity index is 1150. The number of carbonyl (C=O) groups is 2. The molecule has 7 nitrogen and oxygen atoms in total. The molecule has 3 aromatic rings. The molecule has 2 amide bonds. The Morgan fingerprint density at radius 2 is 1.78 bits per heavy atom. The lowest BCUT2D eigenvalue weighted by molar-refractivity contribution is -0.117. The van der Waals surface area contributed by atoms with Gasteiger partial charge in [-0.1, -0.05) is 18.5 Å². The Labute approximate surface area is 192 Å². The summed E-state index contributed by atoms with van der Waals surface area (Å²) in [6, 6.07) is 11.0. The first-order chi connectivity index (χ1) is 15.5. The number of piperazine rings is 1. The van der Waals surface area contributed by atoms with Crippen LogP contribution >= 0.6 is 11.6 Å². The number of pyridine rings is 1. The second-order valence-electron chi connectivity index (χ2n) is 8.80. The number of carbonyl (C=O) groups excluding carboxylic acids is 2. The van der Waals surface area contributed by atoms with Gasteiger partial charge in [-0.2, -0.15) is 0 Å². The van der Waals surface area contributed by atoms with Gasteiger partial charge in [0.05, 0.1) is 10.7 Å². The highest BCUT2D eigenvalue weighted by Crippen LogP contribution is 2.38. The fourth-order valence-electron chi connectivity index (χ4n) is 4.23. The Balaban J connectivity index is 1.14. The van der Waals surface area contributed by atoms with Crippen LogP contribution in [0.3, 0.4) is 0 Å². The number of amides is 2. The molecule has 1 N–H and O–H groups in total. The molecule has 3 heterocycles. The van der Waals surface area contributed by atoms with Crippen molar-refractivity contribution in [3.8, 4) is 0 Å². The van der Waals surface area contributed by atoms with Crippen molar-refractivity contribution in [2.45, 2.75) is 19.9 Å². The molecule has 1 aliphatic heterocycles. The maximum absolute atomic E-state index is 12.9. The van der Waals surface area contributed by atoms with E-state index < -0.39 is 0 Å². The van der Waals surface area contributed by atoms with Crippen LogP contribution in [0.25, 0.3) is 5.65 Å². The summed E-state index contributed by atoms with van der Waals surface area (Å²) in [6.45, 7) is 5.78. The number of hydrogen-bond donors (Lipinski definition) is 1. The highest BCUT2D eigenvalue weighted by atomic mass is 35.5. The zero-order valence-electron chi connectivity index (χ0n) is 18.0. The van der Waals surface area contributed by atoms with Gasteiger partial charge in [0.2, 0.25) is 5.91 Å². The second kappa shape index (κ2) is 8.56. The average Bonchev–Trinajstić information content (AvgIpc) is 3.40. The number of benzene rings is 1. The Morgan fingerprint density at radius 1 is 1.06 bits per heavy atom. The average molecular weight is 452 g/mol. The largest absolute Gasteiger partial charge is 0.336 e. The lowest BCUT2D eigenvalue weighted by Crippen LogP contribution is -2.48. The number of halogens is 1. The molecule has 1 aliphatic carbocycles. The summed E-state index contributed by atoms with van der Waals surface area (Å²) in [5, 5.41) is 3.62. The fraction of sp³-hybridized carbons (Fsp3) is 0.375. The first-order valence-electron chi connectivity index (χ1n) is 11.0. The molecular weight excluding hydrogens is 426 g/mol. The van der Waals surface area contributed by atoms with Crippen LogP contribution in [0.15, 0.2) is 48.8 Å². The smallest absolute Gasteiger partial charge is 0.253 e. The Morgan fingerprint density at radius 3 is 2.47 bits per heavy atom. The van der Waals surface area contributed by atoms with Crippen LogP contribution in [0, 0.1) is 11.8 Å². The molecule has 2 unspecified atom stereocenters.